The molecule has 32 heavy (non-hydrogen) atoms. The number of amides is 2. The van der Waals surface area contributed by atoms with E-state index in [0.717, 1.165) is 37.1 Å². The Morgan fingerprint density at radius 3 is 2.25 bits per heavy atom. The van der Waals surface area contributed by atoms with Gasteiger partial charge in [0.25, 0.3) is 5.60 Å². The van der Waals surface area contributed by atoms with Gasteiger partial charge in [-0.25, -0.2) is 9.59 Å². The van der Waals surface area contributed by atoms with Crippen LogP contribution in [0.5, 0.6) is 5.75 Å². The van der Waals surface area contributed by atoms with E-state index < -0.39 is 40.1 Å². The number of urea groups is 1. The normalized spacial score (nSPS) is 14.7. The Morgan fingerprint density at radius 1 is 1.16 bits per heavy atom. The van der Waals surface area contributed by atoms with Gasteiger partial charge in [0.2, 0.25) is 0 Å². The lowest BCUT2D eigenvalue weighted by Gasteiger charge is -2.32. The molecule has 2 aromatic carbocycles. The molecular weight excluding hydrogens is 471 g/mol. The van der Waals surface area contributed by atoms with Crippen molar-refractivity contribution >= 4 is 40.2 Å². The van der Waals surface area contributed by atoms with E-state index >= 15 is 0 Å². The third kappa shape index (κ3) is 5.16. The number of hydrogen-bond acceptors (Lipinski definition) is 7. The van der Waals surface area contributed by atoms with Gasteiger partial charge in [0.05, 0.1) is 15.7 Å². The number of halogens is 3. The lowest BCUT2D eigenvalue weighted by Crippen LogP contribution is -2.52. The molecule has 0 fully saturated rings. The smallest absolute Gasteiger partial charge is 0.424 e. The van der Waals surface area contributed by atoms with Crippen molar-refractivity contribution in [2.75, 3.05) is 19.6 Å². The highest BCUT2D eigenvalue weighted by molar-refractivity contribution is 7.98. The molecule has 0 spiro atoms. The maximum Gasteiger partial charge on any atom is 0.432 e. The molecule has 172 valence electrons. The van der Waals surface area contributed by atoms with E-state index in [2.05, 4.69) is 10.2 Å². The molecule has 2 rings (SSSR count). The quantitative estimate of drug-likeness (QED) is 0.268. The van der Waals surface area contributed by atoms with Crippen molar-refractivity contribution in [3.63, 3.8) is 0 Å². The fourth-order valence-electron chi connectivity index (χ4n) is 2.76. The zero-order chi connectivity index (χ0) is 24.1. The van der Waals surface area contributed by atoms with Crippen molar-refractivity contribution in [3.8, 4) is 5.75 Å². The minimum Gasteiger partial charge on any atom is -0.424 e. The number of azo groups is 1. The van der Waals surface area contributed by atoms with Crippen molar-refractivity contribution < 1.29 is 36.4 Å². The molecule has 2 aromatic rings. The van der Waals surface area contributed by atoms with Gasteiger partial charge in [0.15, 0.2) is 0 Å². The number of alkyl halides is 3. The molecule has 0 aromatic heterocycles. The second-order valence-corrected chi connectivity index (χ2v) is 8.30. The van der Waals surface area contributed by atoms with Crippen LogP contribution in [0.1, 0.15) is 5.56 Å². The molecule has 2 amide bonds. The molecule has 0 bridgehead atoms. The maximum absolute atomic E-state index is 14.1. The summed E-state index contributed by atoms with van der Waals surface area (Å²) in [6, 6.07) is 7.49. The summed E-state index contributed by atoms with van der Waals surface area (Å²) in [5.74, 6) is -2.07. The maximum atomic E-state index is 14.1. The number of methoxy groups -OCH3 is 1. The number of carbonyl (C=O) groups is 2. The van der Waals surface area contributed by atoms with Crippen LogP contribution in [0.25, 0.3) is 0 Å². The number of nitrogens with zero attached hydrogens (tertiary/aromatic N) is 2. The van der Waals surface area contributed by atoms with Crippen LogP contribution in [0.3, 0.4) is 0 Å². The van der Waals surface area contributed by atoms with Crippen LogP contribution in [0.15, 0.2) is 62.5 Å². The first-order valence-corrected chi connectivity index (χ1v) is 11.4. The first-order valence-electron chi connectivity index (χ1n) is 8.64. The van der Waals surface area contributed by atoms with Crippen molar-refractivity contribution in [1.29, 1.82) is 0 Å². The number of rotatable bonds is 7. The third-order valence-corrected chi connectivity index (χ3v) is 5.86. The van der Waals surface area contributed by atoms with E-state index in [1.807, 2.05) is 0 Å². The molecule has 0 aliphatic carbocycles. The Hall–Kier alpha value is -2.77. The molecule has 0 saturated carbocycles. The van der Waals surface area contributed by atoms with Gasteiger partial charge in [-0.1, -0.05) is 35.4 Å². The summed E-state index contributed by atoms with van der Waals surface area (Å²) in [6.07, 6.45) is -2.30. The van der Waals surface area contributed by atoms with E-state index in [1.54, 1.807) is 6.26 Å². The summed E-state index contributed by atoms with van der Waals surface area (Å²) in [4.78, 5) is 24.0. The van der Waals surface area contributed by atoms with Gasteiger partial charge in [-0.15, -0.1) is 16.9 Å². The summed E-state index contributed by atoms with van der Waals surface area (Å²) in [7, 11) is -0.987. The van der Waals surface area contributed by atoms with E-state index in [1.165, 1.54) is 30.5 Å². The second kappa shape index (κ2) is 10.2. The summed E-state index contributed by atoms with van der Waals surface area (Å²) in [5, 5.41) is 6.86. The van der Waals surface area contributed by atoms with E-state index in [4.69, 9.17) is 15.2 Å². The van der Waals surface area contributed by atoms with Gasteiger partial charge in [-0.2, -0.15) is 13.2 Å². The SMILES string of the molecule is CO[C@](C(=O)Oc1cc(SC)c(N=NC(N)=O)c([S@](C)=O)c1)(c1ccccc1)C(F)(F)F. The molecule has 0 aliphatic heterocycles. The molecule has 2 N–H and O–H groups in total. The lowest BCUT2D eigenvalue weighted by molar-refractivity contribution is -0.272. The fourth-order valence-corrected chi connectivity index (χ4v) is 4.10. The van der Waals surface area contributed by atoms with Gasteiger partial charge < -0.3 is 15.2 Å². The predicted octanol–water partition coefficient (Wildman–Crippen LogP) is 4.32. The average Bonchev–Trinajstić information content (AvgIpc) is 2.72. The second-order valence-electron chi connectivity index (χ2n) is 6.10. The van der Waals surface area contributed by atoms with Crippen molar-refractivity contribution in [2.45, 2.75) is 21.6 Å². The topological polar surface area (TPSA) is 120 Å². The number of nitrogens with two attached hydrogens (primary N) is 1. The van der Waals surface area contributed by atoms with E-state index in [9.17, 15) is 27.0 Å². The summed E-state index contributed by atoms with van der Waals surface area (Å²) in [6.45, 7) is 0. The Balaban J connectivity index is 2.61. The first kappa shape index (κ1) is 25.5. The summed E-state index contributed by atoms with van der Waals surface area (Å²) < 4.78 is 64.1. The van der Waals surface area contributed by atoms with Gasteiger partial charge in [-0.3, -0.25) is 4.21 Å². The number of benzene rings is 2. The molecule has 0 saturated heterocycles. The minimum absolute atomic E-state index is 0.00816. The highest BCUT2D eigenvalue weighted by atomic mass is 32.2. The predicted molar refractivity (Wildman–Crippen MR) is 111 cm³/mol. The first-order chi connectivity index (χ1) is 15.0. The van der Waals surface area contributed by atoms with Gasteiger partial charge in [-0.05, 0) is 18.4 Å². The van der Waals surface area contributed by atoms with Crippen molar-refractivity contribution in [1.82, 2.24) is 0 Å². The molecule has 0 radical (unpaired) electrons. The molecule has 0 aliphatic rings. The van der Waals surface area contributed by atoms with Crippen LogP contribution < -0.4 is 10.5 Å². The van der Waals surface area contributed by atoms with Crippen LogP contribution in [0, 0.1) is 0 Å². The Morgan fingerprint density at radius 2 is 1.78 bits per heavy atom. The molecule has 13 heteroatoms. The number of hydrogen-bond donors (Lipinski definition) is 1. The summed E-state index contributed by atoms with van der Waals surface area (Å²) in [5.41, 5.74) is 1.07. The van der Waals surface area contributed by atoms with Crippen molar-refractivity contribution in [2.24, 2.45) is 16.0 Å². The third-order valence-electron chi connectivity index (χ3n) is 4.18. The van der Waals surface area contributed by atoms with Crippen LogP contribution >= 0.6 is 11.8 Å². The minimum atomic E-state index is -5.16. The fraction of sp³-hybridized carbons (Fsp3) is 0.263. The number of thioether (sulfide) groups is 1. The number of ether oxygens (including phenoxy) is 2. The molecule has 2 atom stereocenters. The number of primary amides is 1. The Bertz CT molecular complexity index is 1060. The van der Waals surface area contributed by atoms with Gasteiger partial charge in [0.1, 0.15) is 11.4 Å². The average molecular weight is 489 g/mol. The van der Waals surface area contributed by atoms with E-state index in [0.29, 0.717) is 0 Å². The van der Waals surface area contributed by atoms with Gasteiger partial charge in [0, 0.05) is 23.8 Å². The lowest BCUT2D eigenvalue weighted by atomic mass is 9.92. The Labute approximate surface area is 187 Å². The highest BCUT2D eigenvalue weighted by Gasteiger charge is 2.64. The summed E-state index contributed by atoms with van der Waals surface area (Å²) >= 11 is 1.05. The van der Waals surface area contributed by atoms with Crippen molar-refractivity contribution in [3.05, 3.63) is 48.0 Å². The standard InChI is InChI=1S/C19H18F3N3O5S2/c1-29-18(19(20,21)22,11-7-5-4-6-8-11)16(26)30-12-9-13(31-2)15(24-25-17(23)27)14(10-12)32(3)28/h4-10H,1-3H3,(H2,23,27)/t18-,32-/m0/s1. The van der Waals surface area contributed by atoms with Crippen LogP contribution in [-0.4, -0.2) is 42.0 Å². The number of esters is 1. The molecule has 8 nitrogen and oxygen atoms in total. The van der Waals surface area contributed by atoms with E-state index in [-0.39, 0.29) is 21.2 Å². The zero-order valence-corrected chi connectivity index (χ0v) is 18.6. The largest absolute Gasteiger partial charge is 0.432 e. The molecule has 0 unspecified atom stereocenters. The van der Waals surface area contributed by atoms with Crippen LogP contribution in [0.2, 0.25) is 0 Å². The Kier molecular flexibility index (Phi) is 8.15. The van der Waals surface area contributed by atoms with Crippen LogP contribution in [-0.2, 0) is 25.9 Å². The van der Waals surface area contributed by atoms with Gasteiger partial charge >= 0.3 is 18.2 Å². The monoisotopic (exact) mass is 489 g/mol. The molecular formula is C19H18F3N3O5S2. The zero-order valence-electron chi connectivity index (χ0n) is 17.0. The van der Waals surface area contributed by atoms with Crippen LogP contribution in [0.4, 0.5) is 23.7 Å². The highest BCUT2D eigenvalue weighted by Crippen LogP contribution is 2.44. The number of carbonyl (C=O) groups excluding carboxylic acids is 2. The molecule has 0 heterocycles.